The monoisotopic (exact) mass is 318 g/mol. The topological polar surface area (TPSA) is 67.4 Å². The highest BCUT2D eigenvalue weighted by Crippen LogP contribution is 2.32. The van der Waals surface area contributed by atoms with Gasteiger partial charge in [0.25, 0.3) is 0 Å². The summed E-state index contributed by atoms with van der Waals surface area (Å²) in [5.41, 5.74) is 2.32. The van der Waals surface area contributed by atoms with Crippen molar-refractivity contribution in [2.45, 2.75) is 51.5 Å². The molecule has 1 heterocycles. The van der Waals surface area contributed by atoms with Crippen LogP contribution in [0.2, 0.25) is 0 Å². The van der Waals surface area contributed by atoms with Crippen LogP contribution in [0.25, 0.3) is 0 Å². The van der Waals surface area contributed by atoms with Gasteiger partial charge in [0.2, 0.25) is 11.8 Å². The molecule has 0 spiro atoms. The van der Waals surface area contributed by atoms with Gasteiger partial charge in [0.15, 0.2) is 0 Å². The van der Waals surface area contributed by atoms with Gasteiger partial charge in [-0.1, -0.05) is 32.9 Å². The van der Waals surface area contributed by atoms with E-state index in [-0.39, 0.29) is 23.3 Å². The van der Waals surface area contributed by atoms with Crippen LogP contribution in [0.15, 0.2) is 18.2 Å². The molecule has 0 aromatic heterocycles. The van der Waals surface area contributed by atoms with Crippen molar-refractivity contribution in [3.8, 4) is 5.75 Å². The molecule has 1 atom stereocenters. The Bertz CT molecular complexity index is 590. The number of hydrogen-bond donors (Lipinski definition) is 2. The molecule has 1 aromatic rings. The van der Waals surface area contributed by atoms with Crippen molar-refractivity contribution >= 4 is 11.8 Å². The van der Waals surface area contributed by atoms with Crippen molar-refractivity contribution in [2.75, 3.05) is 13.7 Å². The van der Waals surface area contributed by atoms with Crippen molar-refractivity contribution in [1.82, 2.24) is 10.6 Å². The van der Waals surface area contributed by atoms with Gasteiger partial charge in [-0.15, -0.1) is 0 Å². The van der Waals surface area contributed by atoms with E-state index in [9.17, 15) is 9.59 Å². The normalized spacial score (nSPS) is 17.7. The maximum atomic E-state index is 12.0. The predicted octanol–water partition coefficient (Wildman–Crippen LogP) is 1.93. The SMILES string of the molecule is COc1ccc(CCNC(=O)C2CCC(=O)N2)cc1C(C)(C)C. The van der Waals surface area contributed by atoms with E-state index in [2.05, 4.69) is 37.5 Å². The summed E-state index contributed by atoms with van der Waals surface area (Å²) in [6.45, 7) is 7.01. The Hall–Kier alpha value is -2.04. The van der Waals surface area contributed by atoms with Crippen LogP contribution in [0.4, 0.5) is 0 Å². The van der Waals surface area contributed by atoms with E-state index >= 15 is 0 Å². The van der Waals surface area contributed by atoms with Crippen LogP contribution in [-0.2, 0) is 21.4 Å². The van der Waals surface area contributed by atoms with Gasteiger partial charge >= 0.3 is 0 Å². The minimum absolute atomic E-state index is 0.00126. The Balaban J connectivity index is 1.93. The zero-order chi connectivity index (χ0) is 17.0. The van der Waals surface area contributed by atoms with Crippen LogP contribution in [0.1, 0.15) is 44.7 Å². The molecule has 1 aliphatic heterocycles. The number of benzene rings is 1. The lowest BCUT2D eigenvalue weighted by molar-refractivity contribution is -0.125. The number of carbonyl (C=O) groups is 2. The summed E-state index contributed by atoms with van der Waals surface area (Å²) in [6, 6.07) is 5.78. The highest BCUT2D eigenvalue weighted by atomic mass is 16.5. The van der Waals surface area contributed by atoms with Crippen molar-refractivity contribution in [2.24, 2.45) is 0 Å². The molecule has 1 aromatic carbocycles. The van der Waals surface area contributed by atoms with Gasteiger partial charge in [-0.3, -0.25) is 9.59 Å². The Kier molecular flexibility index (Phi) is 5.29. The summed E-state index contributed by atoms with van der Waals surface area (Å²) >= 11 is 0. The average molecular weight is 318 g/mol. The summed E-state index contributed by atoms with van der Waals surface area (Å²) in [4.78, 5) is 23.1. The fourth-order valence-electron chi connectivity index (χ4n) is 2.76. The molecule has 0 radical (unpaired) electrons. The Labute approximate surface area is 137 Å². The molecule has 126 valence electrons. The molecule has 1 aliphatic rings. The Morgan fingerprint density at radius 2 is 2.13 bits per heavy atom. The van der Waals surface area contributed by atoms with E-state index in [1.165, 1.54) is 0 Å². The van der Waals surface area contributed by atoms with E-state index in [0.29, 0.717) is 19.4 Å². The number of carbonyl (C=O) groups excluding carboxylic acids is 2. The number of nitrogens with one attached hydrogen (secondary N) is 2. The maximum Gasteiger partial charge on any atom is 0.242 e. The molecule has 1 unspecified atom stereocenters. The second-order valence-corrected chi connectivity index (χ2v) is 6.98. The van der Waals surface area contributed by atoms with Gasteiger partial charge < -0.3 is 15.4 Å². The smallest absolute Gasteiger partial charge is 0.242 e. The maximum absolute atomic E-state index is 12.0. The van der Waals surface area contributed by atoms with Crippen molar-refractivity contribution in [3.63, 3.8) is 0 Å². The van der Waals surface area contributed by atoms with Crippen LogP contribution in [0.5, 0.6) is 5.75 Å². The molecular formula is C18H26N2O3. The van der Waals surface area contributed by atoms with Gasteiger partial charge in [0, 0.05) is 13.0 Å². The molecule has 5 heteroatoms. The van der Waals surface area contributed by atoms with Crippen molar-refractivity contribution in [1.29, 1.82) is 0 Å². The minimum Gasteiger partial charge on any atom is -0.496 e. The van der Waals surface area contributed by atoms with E-state index in [1.807, 2.05) is 12.1 Å². The molecule has 2 amide bonds. The number of methoxy groups -OCH3 is 1. The molecule has 1 fully saturated rings. The summed E-state index contributed by atoms with van der Waals surface area (Å²) in [7, 11) is 1.68. The van der Waals surface area contributed by atoms with E-state index < -0.39 is 0 Å². The van der Waals surface area contributed by atoms with Gasteiger partial charge in [0.05, 0.1) is 7.11 Å². The first-order chi connectivity index (χ1) is 10.8. The number of hydrogen-bond acceptors (Lipinski definition) is 3. The van der Waals surface area contributed by atoms with Crippen molar-refractivity contribution < 1.29 is 14.3 Å². The predicted molar refractivity (Wildman–Crippen MR) is 89.6 cm³/mol. The first-order valence-electron chi connectivity index (χ1n) is 8.05. The molecule has 0 saturated carbocycles. The third kappa shape index (κ3) is 4.47. The minimum atomic E-state index is -0.372. The van der Waals surface area contributed by atoms with Gasteiger partial charge in [-0.25, -0.2) is 0 Å². The lowest BCUT2D eigenvalue weighted by Crippen LogP contribution is -2.42. The lowest BCUT2D eigenvalue weighted by Gasteiger charge is -2.23. The number of ether oxygens (including phenoxy) is 1. The number of amides is 2. The fourth-order valence-corrected chi connectivity index (χ4v) is 2.76. The van der Waals surface area contributed by atoms with Crippen LogP contribution in [-0.4, -0.2) is 31.5 Å². The highest BCUT2D eigenvalue weighted by molar-refractivity contribution is 5.90. The second-order valence-electron chi connectivity index (χ2n) is 6.98. The second kappa shape index (κ2) is 7.02. The molecule has 2 rings (SSSR count). The lowest BCUT2D eigenvalue weighted by atomic mass is 9.85. The molecule has 2 N–H and O–H groups in total. The first-order valence-corrected chi connectivity index (χ1v) is 8.05. The summed E-state index contributed by atoms with van der Waals surface area (Å²) in [5.74, 6) is 0.745. The first kappa shape index (κ1) is 17.3. The van der Waals surface area contributed by atoms with Gasteiger partial charge in [-0.05, 0) is 35.4 Å². The van der Waals surface area contributed by atoms with E-state index in [1.54, 1.807) is 7.11 Å². The summed E-state index contributed by atoms with van der Waals surface area (Å²) < 4.78 is 5.44. The Morgan fingerprint density at radius 1 is 1.39 bits per heavy atom. The largest absolute Gasteiger partial charge is 0.496 e. The average Bonchev–Trinajstić information content (AvgIpc) is 2.93. The number of rotatable bonds is 5. The standard InChI is InChI=1S/C18H26N2O3/c1-18(2,3)13-11-12(5-7-15(13)23-4)9-10-19-17(22)14-6-8-16(21)20-14/h5,7,11,14H,6,8-10H2,1-4H3,(H,19,22)(H,20,21). The quantitative estimate of drug-likeness (QED) is 0.872. The van der Waals surface area contributed by atoms with Crippen LogP contribution in [0.3, 0.4) is 0 Å². The van der Waals surface area contributed by atoms with E-state index in [0.717, 1.165) is 23.3 Å². The van der Waals surface area contributed by atoms with Crippen LogP contribution in [0, 0.1) is 0 Å². The zero-order valence-corrected chi connectivity index (χ0v) is 14.4. The molecule has 0 bridgehead atoms. The molecule has 23 heavy (non-hydrogen) atoms. The highest BCUT2D eigenvalue weighted by Gasteiger charge is 2.26. The molecular weight excluding hydrogens is 292 g/mol. The van der Waals surface area contributed by atoms with E-state index in [4.69, 9.17) is 4.74 Å². The van der Waals surface area contributed by atoms with Crippen molar-refractivity contribution in [3.05, 3.63) is 29.3 Å². The van der Waals surface area contributed by atoms with Gasteiger partial charge in [-0.2, -0.15) is 0 Å². The summed E-state index contributed by atoms with van der Waals surface area (Å²) in [5, 5.41) is 5.57. The van der Waals surface area contributed by atoms with Gasteiger partial charge in [0.1, 0.15) is 11.8 Å². The molecule has 0 aliphatic carbocycles. The third-order valence-corrected chi connectivity index (χ3v) is 4.10. The Morgan fingerprint density at radius 3 is 2.70 bits per heavy atom. The summed E-state index contributed by atoms with van der Waals surface area (Å²) in [6.07, 6.45) is 1.77. The third-order valence-electron chi connectivity index (χ3n) is 4.10. The van der Waals surface area contributed by atoms with Crippen LogP contribution < -0.4 is 15.4 Å². The van der Waals surface area contributed by atoms with Crippen LogP contribution >= 0.6 is 0 Å². The molecule has 5 nitrogen and oxygen atoms in total. The molecule has 1 saturated heterocycles. The fraction of sp³-hybridized carbons (Fsp3) is 0.556. The zero-order valence-electron chi connectivity index (χ0n) is 14.4.